The van der Waals surface area contributed by atoms with E-state index in [1.807, 2.05) is 58.0 Å². The van der Waals surface area contributed by atoms with Gasteiger partial charge in [0.2, 0.25) is 0 Å². The highest BCUT2D eigenvalue weighted by molar-refractivity contribution is 7.84. The first-order valence-corrected chi connectivity index (χ1v) is 15.3. The molecule has 234 valence electrons. The van der Waals surface area contributed by atoms with Crippen LogP contribution < -0.4 is 9.47 Å². The Kier molecular flexibility index (Phi) is 15.9. The number of hydrogen-bond donors (Lipinski definition) is 0. The molecule has 2 rings (SSSR count). The van der Waals surface area contributed by atoms with Crippen molar-refractivity contribution < 1.29 is 41.6 Å². The van der Waals surface area contributed by atoms with Crippen LogP contribution in [0.4, 0.5) is 0 Å². The van der Waals surface area contributed by atoms with Crippen LogP contribution in [0.1, 0.15) is 87.9 Å². The summed E-state index contributed by atoms with van der Waals surface area (Å²) in [7, 11) is -0.426. The van der Waals surface area contributed by atoms with E-state index < -0.39 is 32.9 Å². The first-order valence-electron chi connectivity index (χ1n) is 13.5. The molecule has 11 heteroatoms. The molecule has 0 aliphatic carbocycles. The van der Waals surface area contributed by atoms with Crippen molar-refractivity contribution in [3.05, 3.63) is 59.7 Å². The standard InChI is InChI=1S/C21H30O5.C9H11NO.CH4O3S/c1-7-11-20(3,4)18(23)25-16-10-9-15(14-22)13-17(16)26-19(24)21(5,6)12-8-2;1-10(2)9(11)8-6-4-3-5-7-8;1-5(2,3)4/h9-10,13-14H,7-8,11-12H2,1-6H3;3-7H,1-2H3;1H3,(H,2,3,4)/p-1. The molecule has 1 amide bonds. The number of ether oxygens (including phenoxy) is 2. The van der Waals surface area contributed by atoms with Gasteiger partial charge in [-0.3, -0.25) is 19.2 Å². The SMILES string of the molecule is CCCC(C)(C)C(=O)Oc1ccc(C=O)cc1OC(=O)C(C)(C)CCC.CN(C)C(=O)c1ccccc1.CS(=O)(=O)[O-]. The molecule has 0 radical (unpaired) electrons. The minimum Gasteiger partial charge on any atom is -0.748 e. The number of carbonyl (C=O) groups excluding carboxylic acids is 4. The van der Waals surface area contributed by atoms with Gasteiger partial charge in [-0.05, 0) is 70.9 Å². The lowest BCUT2D eigenvalue weighted by atomic mass is 9.88. The predicted octanol–water partition coefficient (Wildman–Crippen LogP) is 5.51. The number of rotatable bonds is 10. The Hall–Kier alpha value is -3.57. The van der Waals surface area contributed by atoms with Gasteiger partial charge < -0.3 is 18.9 Å². The summed E-state index contributed by atoms with van der Waals surface area (Å²) in [5, 5.41) is 0. The predicted molar refractivity (Wildman–Crippen MR) is 161 cm³/mol. The number of esters is 2. The van der Waals surface area contributed by atoms with Crippen molar-refractivity contribution in [2.45, 2.75) is 67.2 Å². The van der Waals surface area contributed by atoms with Gasteiger partial charge in [0, 0.05) is 31.5 Å². The summed E-state index contributed by atoms with van der Waals surface area (Å²) in [6.45, 7) is 11.2. The third-order valence-corrected chi connectivity index (χ3v) is 5.79. The first kappa shape index (κ1) is 38.4. The number of benzene rings is 2. The quantitative estimate of drug-likeness (QED) is 0.148. The van der Waals surface area contributed by atoms with Crippen LogP contribution >= 0.6 is 0 Å². The average molecular weight is 607 g/mol. The van der Waals surface area contributed by atoms with Crippen LogP contribution in [0.25, 0.3) is 0 Å². The van der Waals surface area contributed by atoms with Crippen LogP contribution in [-0.2, 0) is 19.7 Å². The minimum atomic E-state index is -3.92. The number of nitrogens with zero attached hydrogens (tertiary/aromatic N) is 1. The highest BCUT2D eigenvalue weighted by atomic mass is 32.2. The van der Waals surface area contributed by atoms with E-state index in [1.165, 1.54) is 18.2 Å². The fraction of sp³-hybridized carbons (Fsp3) is 0.484. The molecule has 42 heavy (non-hydrogen) atoms. The fourth-order valence-corrected chi connectivity index (χ4v) is 3.53. The Morgan fingerprint density at radius 1 is 0.833 bits per heavy atom. The van der Waals surface area contributed by atoms with E-state index in [-0.39, 0.29) is 17.4 Å². The minimum absolute atomic E-state index is 0.0469. The number of carbonyl (C=O) groups is 4. The van der Waals surface area contributed by atoms with Crippen LogP contribution in [0, 0.1) is 10.8 Å². The Labute approximate surface area is 250 Å². The first-order chi connectivity index (χ1) is 19.3. The molecule has 2 aromatic carbocycles. The van der Waals surface area contributed by atoms with Gasteiger partial charge in [0.25, 0.3) is 5.91 Å². The highest BCUT2D eigenvalue weighted by Crippen LogP contribution is 2.34. The normalized spacial score (nSPS) is 11.1. The van der Waals surface area contributed by atoms with Gasteiger partial charge in [0.15, 0.2) is 11.5 Å². The summed E-state index contributed by atoms with van der Waals surface area (Å²) in [6.07, 6.45) is 4.28. The second kappa shape index (κ2) is 17.4. The maximum atomic E-state index is 12.5. The van der Waals surface area contributed by atoms with Crippen molar-refractivity contribution in [3.8, 4) is 11.5 Å². The van der Waals surface area contributed by atoms with Gasteiger partial charge in [-0.1, -0.05) is 44.9 Å². The van der Waals surface area contributed by atoms with Gasteiger partial charge in [0.05, 0.1) is 20.9 Å². The van der Waals surface area contributed by atoms with Gasteiger partial charge in [-0.2, -0.15) is 0 Å². The molecule has 0 heterocycles. The molecule has 0 fully saturated rings. The summed E-state index contributed by atoms with van der Waals surface area (Å²) >= 11 is 0. The monoisotopic (exact) mass is 606 g/mol. The molecule has 0 spiro atoms. The average Bonchev–Trinajstić information content (AvgIpc) is 2.88. The van der Waals surface area contributed by atoms with Gasteiger partial charge in [-0.15, -0.1) is 0 Å². The summed E-state index contributed by atoms with van der Waals surface area (Å²) in [5.41, 5.74) is -0.249. The van der Waals surface area contributed by atoms with E-state index in [4.69, 9.17) is 22.4 Å². The molecule has 0 aliphatic rings. The van der Waals surface area contributed by atoms with E-state index in [0.29, 0.717) is 30.9 Å². The highest BCUT2D eigenvalue weighted by Gasteiger charge is 2.32. The Bertz CT molecular complexity index is 1280. The van der Waals surface area contributed by atoms with E-state index >= 15 is 0 Å². The van der Waals surface area contributed by atoms with Crippen molar-refractivity contribution in [2.24, 2.45) is 10.8 Å². The zero-order valence-corrected chi connectivity index (χ0v) is 26.9. The zero-order valence-electron chi connectivity index (χ0n) is 26.1. The second-order valence-corrected chi connectivity index (χ2v) is 12.5. The van der Waals surface area contributed by atoms with Crippen molar-refractivity contribution in [2.75, 3.05) is 20.4 Å². The lowest BCUT2D eigenvalue weighted by Gasteiger charge is -2.24. The van der Waals surface area contributed by atoms with E-state index in [1.54, 1.807) is 32.8 Å². The number of amides is 1. The van der Waals surface area contributed by atoms with Crippen molar-refractivity contribution >= 4 is 34.3 Å². The smallest absolute Gasteiger partial charge is 0.317 e. The molecule has 0 N–H and O–H groups in total. The van der Waals surface area contributed by atoms with Crippen LogP contribution in [-0.4, -0.2) is 62.4 Å². The van der Waals surface area contributed by atoms with Gasteiger partial charge in [0.1, 0.15) is 6.29 Å². The van der Waals surface area contributed by atoms with Crippen LogP contribution in [0.3, 0.4) is 0 Å². The Morgan fingerprint density at radius 2 is 1.26 bits per heavy atom. The Balaban J connectivity index is 0.000000856. The molecule has 0 atom stereocenters. The number of aldehydes is 1. The van der Waals surface area contributed by atoms with Gasteiger partial charge in [-0.25, -0.2) is 8.42 Å². The molecule has 0 aromatic heterocycles. The zero-order chi connectivity index (χ0) is 32.7. The van der Waals surface area contributed by atoms with Crippen molar-refractivity contribution in [1.29, 1.82) is 0 Å². The molecule has 0 unspecified atom stereocenters. The van der Waals surface area contributed by atoms with Gasteiger partial charge >= 0.3 is 11.9 Å². The summed E-state index contributed by atoms with van der Waals surface area (Å²) < 4.78 is 38.2. The fourth-order valence-electron chi connectivity index (χ4n) is 3.53. The molecule has 0 saturated heterocycles. The van der Waals surface area contributed by atoms with E-state index in [2.05, 4.69) is 0 Å². The molecule has 2 aromatic rings. The molecular weight excluding hydrogens is 562 g/mol. The van der Waals surface area contributed by atoms with Crippen LogP contribution in [0.5, 0.6) is 11.5 Å². The Morgan fingerprint density at radius 3 is 1.64 bits per heavy atom. The van der Waals surface area contributed by atoms with E-state index in [0.717, 1.165) is 18.4 Å². The summed E-state index contributed by atoms with van der Waals surface area (Å²) in [4.78, 5) is 48.9. The lowest BCUT2D eigenvalue weighted by molar-refractivity contribution is -0.147. The second-order valence-electron chi connectivity index (χ2n) is 11.1. The molecule has 10 nitrogen and oxygen atoms in total. The third-order valence-electron chi connectivity index (χ3n) is 5.79. The maximum Gasteiger partial charge on any atom is 0.317 e. The van der Waals surface area contributed by atoms with Crippen molar-refractivity contribution in [1.82, 2.24) is 4.90 Å². The summed E-state index contributed by atoms with van der Waals surface area (Å²) in [6, 6.07) is 13.7. The topological polar surface area (TPSA) is 147 Å². The van der Waals surface area contributed by atoms with Crippen LogP contribution in [0.2, 0.25) is 0 Å². The molecule has 0 saturated carbocycles. The maximum absolute atomic E-state index is 12.5. The number of hydrogen-bond acceptors (Lipinski definition) is 9. The van der Waals surface area contributed by atoms with E-state index in [9.17, 15) is 19.2 Å². The largest absolute Gasteiger partial charge is 0.748 e. The van der Waals surface area contributed by atoms with Crippen molar-refractivity contribution in [3.63, 3.8) is 0 Å². The van der Waals surface area contributed by atoms with Crippen LogP contribution in [0.15, 0.2) is 48.5 Å². The summed E-state index contributed by atoms with van der Waals surface area (Å²) in [5.74, 6) is -0.545. The lowest BCUT2D eigenvalue weighted by Crippen LogP contribution is -2.30. The molecular formula is C31H44NO9S-. The third kappa shape index (κ3) is 14.9. The molecule has 0 bridgehead atoms. The molecule has 0 aliphatic heterocycles.